The molecule has 210 valence electrons. The van der Waals surface area contributed by atoms with Crippen molar-refractivity contribution in [2.45, 2.75) is 104 Å². The Morgan fingerprint density at radius 3 is 2.21 bits per heavy atom. The van der Waals surface area contributed by atoms with Crippen LogP contribution in [-0.2, 0) is 6.42 Å². The van der Waals surface area contributed by atoms with E-state index < -0.39 is 23.4 Å². The van der Waals surface area contributed by atoms with Crippen molar-refractivity contribution in [1.29, 1.82) is 0 Å². The molecule has 0 saturated heterocycles. The molecule has 0 N–H and O–H groups in total. The van der Waals surface area contributed by atoms with Crippen LogP contribution < -0.4 is 9.47 Å². The van der Waals surface area contributed by atoms with Crippen LogP contribution in [0.25, 0.3) is 0 Å². The van der Waals surface area contributed by atoms with Crippen LogP contribution in [0.2, 0.25) is 0 Å². The summed E-state index contributed by atoms with van der Waals surface area (Å²) in [5, 5.41) is 0. The van der Waals surface area contributed by atoms with Gasteiger partial charge in [-0.25, -0.2) is 9.18 Å². The Hall–Kier alpha value is -2.43. The highest BCUT2D eigenvalue weighted by Crippen LogP contribution is 2.33. The third-order valence-corrected chi connectivity index (χ3v) is 8.10. The highest BCUT2D eigenvalue weighted by atomic mass is 19.2. The number of carbonyl (C=O) groups excluding carboxylic acids is 1. The van der Waals surface area contributed by atoms with E-state index in [1.54, 1.807) is 24.3 Å². The van der Waals surface area contributed by atoms with Gasteiger partial charge in [-0.15, -0.1) is 0 Å². The van der Waals surface area contributed by atoms with Gasteiger partial charge in [-0.05, 0) is 72.9 Å². The van der Waals surface area contributed by atoms with Gasteiger partial charge in [0.05, 0.1) is 12.2 Å². The number of carbonyl (C=O) groups is 1. The number of rotatable bonds is 15. The lowest BCUT2D eigenvalue weighted by Crippen LogP contribution is -2.20. The zero-order chi connectivity index (χ0) is 27.3. The summed E-state index contributed by atoms with van der Waals surface area (Å²) < 4.78 is 40.1. The average Bonchev–Trinajstić information content (AvgIpc) is 2.94. The van der Waals surface area contributed by atoms with Crippen molar-refractivity contribution in [2.75, 3.05) is 6.61 Å². The highest BCUT2D eigenvalue weighted by molar-refractivity contribution is 5.91. The average molecular weight is 529 g/mol. The Balaban J connectivity index is 1.40. The molecule has 0 radical (unpaired) electrons. The number of benzene rings is 2. The number of unbranched alkanes of at least 4 members (excludes halogenated alkanes) is 5. The number of ether oxygens (including phenoxy) is 2. The minimum Gasteiger partial charge on any atom is -0.493 e. The molecule has 0 aromatic heterocycles. The second-order valence-corrected chi connectivity index (χ2v) is 11.2. The first-order chi connectivity index (χ1) is 18.4. The molecule has 1 fully saturated rings. The summed E-state index contributed by atoms with van der Waals surface area (Å²) in [6.07, 6.45) is 15.9. The van der Waals surface area contributed by atoms with E-state index in [4.69, 9.17) is 9.47 Å². The van der Waals surface area contributed by atoms with E-state index in [-0.39, 0.29) is 11.5 Å². The minimum absolute atomic E-state index is 0.239. The Kier molecular flexibility index (Phi) is 12.6. The van der Waals surface area contributed by atoms with Crippen LogP contribution >= 0.6 is 0 Å². The van der Waals surface area contributed by atoms with Crippen LogP contribution in [0, 0.1) is 29.4 Å². The maximum Gasteiger partial charge on any atom is 0.343 e. The Morgan fingerprint density at radius 2 is 1.53 bits per heavy atom. The van der Waals surface area contributed by atoms with Gasteiger partial charge in [-0.2, -0.15) is 4.39 Å². The van der Waals surface area contributed by atoms with Gasteiger partial charge < -0.3 is 9.47 Å². The molecule has 1 atom stereocenters. The fraction of sp³-hybridized carbons (Fsp3) is 0.606. The predicted molar refractivity (Wildman–Crippen MR) is 150 cm³/mol. The molecule has 2 aromatic rings. The van der Waals surface area contributed by atoms with Crippen molar-refractivity contribution in [3.8, 4) is 11.5 Å². The van der Waals surface area contributed by atoms with Gasteiger partial charge in [0.2, 0.25) is 5.82 Å². The van der Waals surface area contributed by atoms with Crippen molar-refractivity contribution in [3.63, 3.8) is 0 Å². The Bertz CT molecular complexity index is 980. The smallest absolute Gasteiger partial charge is 0.343 e. The molecule has 38 heavy (non-hydrogen) atoms. The zero-order valence-electron chi connectivity index (χ0n) is 23.6. The lowest BCUT2D eigenvalue weighted by molar-refractivity contribution is 0.0726. The van der Waals surface area contributed by atoms with Crippen LogP contribution in [0.4, 0.5) is 8.78 Å². The van der Waals surface area contributed by atoms with Gasteiger partial charge in [0.25, 0.3) is 0 Å². The second-order valence-electron chi connectivity index (χ2n) is 11.2. The van der Waals surface area contributed by atoms with Gasteiger partial charge in [0.1, 0.15) is 5.75 Å². The SMILES string of the molecule is CCCCCCCCC1CCC(COc2ccc(C(=O)Oc3ccc(C[C@@H](C)CC)c(F)c3F)cc2)CC1. The first-order valence-corrected chi connectivity index (χ1v) is 14.8. The van der Waals surface area contributed by atoms with Crippen molar-refractivity contribution in [2.24, 2.45) is 17.8 Å². The lowest BCUT2D eigenvalue weighted by Gasteiger charge is -2.28. The number of halogens is 2. The van der Waals surface area contributed by atoms with Gasteiger partial charge in [0, 0.05) is 0 Å². The van der Waals surface area contributed by atoms with Crippen LogP contribution in [0.15, 0.2) is 36.4 Å². The normalized spacial score (nSPS) is 18.2. The first-order valence-electron chi connectivity index (χ1n) is 14.8. The monoisotopic (exact) mass is 528 g/mol. The maximum atomic E-state index is 14.5. The number of hydrogen-bond acceptors (Lipinski definition) is 3. The minimum atomic E-state index is -1.12. The zero-order valence-corrected chi connectivity index (χ0v) is 23.6. The topological polar surface area (TPSA) is 35.5 Å². The van der Waals surface area contributed by atoms with Crippen LogP contribution in [0.1, 0.15) is 114 Å². The summed E-state index contributed by atoms with van der Waals surface area (Å²) in [4.78, 5) is 12.5. The molecule has 1 aliphatic carbocycles. The molecule has 0 heterocycles. The standard InChI is InChI=1S/C33H46F2O3/c1-4-6-7-8-9-10-11-25-12-14-26(15-13-25)23-37-29-19-16-27(17-20-29)33(36)38-30-21-18-28(22-24(3)5-2)31(34)32(30)35/h16-21,24-26H,4-15,22-23H2,1-3H3/t24-,25?,26?/m0/s1. The molecular weight excluding hydrogens is 482 g/mol. The molecular formula is C33H46F2O3. The van der Waals surface area contributed by atoms with Gasteiger partial charge in [-0.1, -0.05) is 91.0 Å². The molecule has 0 aliphatic heterocycles. The molecule has 0 unspecified atom stereocenters. The maximum absolute atomic E-state index is 14.5. The molecule has 1 aliphatic rings. The first kappa shape index (κ1) is 30.1. The third kappa shape index (κ3) is 9.39. The number of hydrogen-bond donors (Lipinski definition) is 0. The quantitative estimate of drug-likeness (QED) is 0.131. The molecule has 0 bridgehead atoms. The summed E-state index contributed by atoms with van der Waals surface area (Å²) in [5.41, 5.74) is 0.556. The fourth-order valence-corrected chi connectivity index (χ4v) is 5.29. The van der Waals surface area contributed by atoms with E-state index >= 15 is 0 Å². The van der Waals surface area contributed by atoms with Crippen molar-refractivity contribution in [1.82, 2.24) is 0 Å². The molecule has 5 heteroatoms. The van der Waals surface area contributed by atoms with E-state index in [0.717, 1.165) is 12.3 Å². The largest absolute Gasteiger partial charge is 0.493 e. The van der Waals surface area contributed by atoms with Gasteiger partial charge in [0.15, 0.2) is 11.6 Å². The van der Waals surface area contributed by atoms with E-state index in [1.807, 2.05) is 13.8 Å². The molecule has 3 nitrogen and oxygen atoms in total. The van der Waals surface area contributed by atoms with Crippen molar-refractivity contribution >= 4 is 5.97 Å². The van der Waals surface area contributed by atoms with E-state index in [9.17, 15) is 13.6 Å². The van der Waals surface area contributed by atoms with E-state index in [0.29, 0.717) is 30.3 Å². The van der Waals surface area contributed by atoms with Gasteiger partial charge in [-0.3, -0.25) is 0 Å². The Morgan fingerprint density at radius 1 is 0.868 bits per heavy atom. The van der Waals surface area contributed by atoms with E-state index in [2.05, 4.69) is 6.92 Å². The fourth-order valence-electron chi connectivity index (χ4n) is 5.29. The van der Waals surface area contributed by atoms with Crippen LogP contribution in [-0.4, -0.2) is 12.6 Å². The summed E-state index contributed by atoms with van der Waals surface area (Å²) in [5.74, 6) is -0.818. The molecule has 0 amide bonds. The van der Waals surface area contributed by atoms with Crippen LogP contribution in [0.5, 0.6) is 11.5 Å². The Labute approximate surface area is 228 Å². The summed E-state index contributed by atoms with van der Waals surface area (Å²) in [6.45, 7) is 6.94. The molecule has 1 saturated carbocycles. The third-order valence-electron chi connectivity index (χ3n) is 8.10. The van der Waals surface area contributed by atoms with Crippen molar-refractivity contribution < 1.29 is 23.0 Å². The summed E-state index contributed by atoms with van der Waals surface area (Å²) in [7, 11) is 0. The van der Waals surface area contributed by atoms with Crippen molar-refractivity contribution in [3.05, 3.63) is 59.2 Å². The molecule has 0 spiro atoms. The highest BCUT2D eigenvalue weighted by Gasteiger charge is 2.22. The number of esters is 1. The molecule has 2 aromatic carbocycles. The van der Waals surface area contributed by atoms with E-state index in [1.165, 1.54) is 82.8 Å². The molecule has 3 rings (SSSR count). The summed E-state index contributed by atoms with van der Waals surface area (Å²) >= 11 is 0. The second kappa shape index (κ2) is 15.9. The summed E-state index contributed by atoms with van der Waals surface area (Å²) in [6, 6.07) is 9.47. The predicted octanol–water partition coefficient (Wildman–Crippen LogP) is 9.71. The van der Waals surface area contributed by atoms with Crippen LogP contribution in [0.3, 0.4) is 0 Å². The lowest BCUT2D eigenvalue weighted by atomic mass is 9.80. The van der Waals surface area contributed by atoms with Gasteiger partial charge >= 0.3 is 5.97 Å².